The molecule has 25 heavy (non-hydrogen) atoms. The Balaban J connectivity index is 1.39. The second-order valence-corrected chi connectivity index (χ2v) is 6.66. The van der Waals surface area contributed by atoms with Crippen molar-refractivity contribution in [3.8, 4) is 0 Å². The maximum atomic E-state index is 11.9. The SMILES string of the molecule is COC(=O)c1ccc(CCNC(=O)CSc2nnnn2C2CC2)cc1. The van der Waals surface area contributed by atoms with Gasteiger partial charge in [0.1, 0.15) is 0 Å². The van der Waals surface area contributed by atoms with E-state index in [0.717, 1.165) is 18.4 Å². The normalized spacial score (nSPS) is 13.5. The Kier molecular flexibility index (Phi) is 5.64. The molecule has 0 saturated heterocycles. The third-order valence-electron chi connectivity index (χ3n) is 3.80. The van der Waals surface area contributed by atoms with Gasteiger partial charge in [-0.25, -0.2) is 9.48 Å². The second-order valence-electron chi connectivity index (χ2n) is 5.71. The number of hydrogen-bond donors (Lipinski definition) is 1. The molecule has 9 heteroatoms. The molecule has 3 rings (SSSR count). The van der Waals surface area contributed by atoms with Gasteiger partial charge in [0, 0.05) is 6.54 Å². The van der Waals surface area contributed by atoms with E-state index >= 15 is 0 Å². The lowest BCUT2D eigenvalue weighted by Gasteiger charge is -2.06. The Bertz CT molecular complexity index is 742. The van der Waals surface area contributed by atoms with E-state index in [9.17, 15) is 9.59 Å². The highest BCUT2D eigenvalue weighted by molar-refractivity contribution is 7.99. The van der Waals surface area contributed by atoms with Crippen LogP contribution in [0.4, 0.5) is 0 Å². The number of esters is 1. The molecule has 1 aliphatic carbocycles. The molecule has 0 radical (unpaired) electrons. The van der Waals surface area contributed by atoms with Crippen molar-refractivity contribution in [1.82, 2.24) is 25.5 Å². The molecule has 1 fully saturated rings. The molecule has 2 aromatic rings. The third kappa shape index (κ3) is 4.79. The van der Waals surface area contributed by atoms with Crippen molar-refractivity contribution >= 4 is 23.6 Å². The van der Waals surface area contributed by atoms with E-state index in [-0.39, 0.29) is 17.6 Å². The molecule has 0 unspecified atom stereocenters. The molecule has 1 amide bonds. The average Bonchev–Trinajstić information content (AvgIpc) is 3.38. The summed E-state index contributed by atoms with van der Waals surface area (Å²) in [6.07, 6.45) is 2.89. The number of nitrogens with one attached hydrogen (secondary N) is 1. The molecule has 1 saturated carbocycles. The smallest absolute Gasteiger partial charge is 0.337 e. The highest BCUT2D eigenvalue weighted by Gasteiger charge is 2.28. The molecule has 1 aromatic carbocycles. The van der Waals surface area contributed by atoms with Crippen LogP contribution in [0, 0.1) is 0 Å². The summed E-state index contributed by atoms with van der Waals surface area (Å²) in [6, 6.07) is 7.55. The summed E-state index contributed by atoms with van der Waals surface area (Å²) < 4.78 is 6.45. The van der Waals surface area contributed by atoms with Crippen molar-refractivity contribution in [2.45, 2.75) is 30.5 Å². The van der Waals surface area contributed by atoms with E-state index < -0.39 is 0 Å². The fraction of sp³-hybridized carbons (Fsp3) is 0.438. The number of methoxy groups -OCH3 is 1. The zero-order valence-corrected chi connectivity index (χ0v) is 14.7. The highest BCUT2D eigenvalue weighted by atomic mass is 32.2. The molecule has 0 bridgehead atoms. The Morgan fingerprint density at radius 2 is 2.08 bits per heavy atom. The van der Waals surface area contributed by atoms with E-state index in [0.29, 0.717) is 29.7 Å². The minimum Gasteiger partial charge on any atom is -0.465 e. The molecule has 1 aliphatic rings. The van der Waals surface area contributed by atoms with E-state index in [2.05, 4.69) is 25.6 Å². The van der Waals surface area contributed by atoms with Gasteiger partial charge in [-0.15, -0.1) is 5.10 Å². The van der Waals surface area contributed by atoms with Gasteiger partial charge in [-0.3, -0.25) is 4.79 Å². The number of carbonyl (C=O) groups excluding carboxylic acids is 2. The van der Waals surface area contributed by atoms with Crippen LogP contribution in [-0.2, 0) is 16.0 Å². The van der Waals surface area contributed by atoms with Crippen molar-refractivity contribution in [2.24, 2.45) is 0 Å². The van der Waals surface area contributed by atoms with Gasteiger partial charge >= 0.3 is 5.97 Å². The summed E-state index contributed by atoms with van der Waals surface area (Å²) in [7, 11) is 1.35. The van der Waals surface area contributed by atoms with Crippen molar-refractivity contribution in [3.63, 3.8) is 0 Å². The number of benzene rings is 1. The molecule has 0 atom stereocenters. The van der Waals surface area contributed by atoms with Crippen LogP contribution in [0.5, 0.6) is 0 Å². The van der Waals surface area contributed by atoms with E-state index in [1.165, 1.54) is 18.9 Å². The van der Waals surface area contributed by atoms with Gasteiger partial charge in [0.15, 0.2) is 0 Å². The summed E-state index contributed by atoms with van der Waals surface area (Å²) >= 11 is 1.35. The van der Waals surface area contributed by atoms with Crippen molar-refractivity contribution in [2.75, 3.05) is 19.4 Å². The average molecular weight is 361 g/mol. The lowest BCUT2D eigenvalue weighted by Crippen LogP contribution is -2.27. The topological polar surface area (TPSA) is 99.0 Å². The predicted octanol–water partition coefficient (Wildman–Crippen LogP) is 1.25. The monoisotopic (exact) mass is 361 g/mol. The van der Waals surface area contributed by atoms with Gasteiger partial charge in [-0.05, 0) is 47.4 Å². The maximum absolute atomic E-state index is 11.9. The molecule has 132 valence electrons. The first kappa shape index (κ1) is 17.4. The number of thioether (sulfide) groups is 1. The number of carbonyl (C=O) groups is 2. The molecule has 0 spiro atoms. The Hall–Kier alpha value is -2.42. The number of ether oxygens (including phenoxy) is 1. The number of hydrogen-bond acceptors (Lipinski definition) is 7. The summed E-state index contributed by atoms with van der Waals surface area (Å²) in [6.45, 7) is 0.532. The number of aromatic nitrogens is 4. The van der Waals surface area contributed by atoms with Gasteiger partial charge < -0.3 is 10.1 Å². The zero-order chi connectivity index (χ0) is 17.6. The summed E-state index contributed by atoms with van der Waals surface area (Å²) in [5, 5.41) is 15.1. The van der Waals surface area contributed by atoms with Crippen LogP contribution in [0.25, 0.3) is 0 Å². The number of amides is 1. The Labute approximate surface area is 149 Å². The van der Waals surface area contributed by atoms with E-state index in [1.54, 1.807) is 16.8 Å². The Morgan fingerprint density at radius 1 is 1.32 bits per heavy atom. The molecular formula is C16H19N5O3S. The fourth-order valence-corrected chi connectivity index (χ4v) is 3.06. The van der Waals surface area contributed by atoms with Gasteiger partial charge in [0.25, 0.3) is 0 Å². The first-order valence-electron chi connectivity index (χ1n) is 8.02. The van der Waals surface area contributed by atoms with Crippen LogP contribution in [-0.4, -0.2) is 51.5 Å². The van der Waals surface area contributed by atoms with Crippen molar-refractivity contribution < 1.29 is 14.3 Å². The Morgan fingerprint density at radius 3 is 2.76 bits per heavy atom. The van der Waals surface area contributed by atoms with Gasteiger partial charge in [-0.1, -0.05) is 23.9 Å². The van der Waals surface area contributed by atoms with Crippen molar-refractivity contribution in [1.29, 1.82) is 0 Å². The van der Waals surface area contributed by atoms with E-state index in [1.807, 2.05) is 12.1 Å². The maximum Gasteiger partial charge on any atom is 0.337 e. The minimum atomic E-state index is -0.356. The van der Waals surface area contributed by atoms with Crippen LogP contribution in [0.3, 0.4) is 0 Å². The second kappa shape index (κ2) is 8.11. The van der Waals surface area contributed by atoms with Crippen LogP contribution < -0.4 is 5.32 Å². The predicted molar refractivity (Wildman–Crippen MR) is 91.3 cm³/mol. The van der Waals surface area contributed by atoms with Gasteiger partial charge in [0.05, 0.1) is 24.5 Å². The lowest BCUT2D eigenvalue weighted by molar-refractivity contribution is -0.118. The zero-order valence-electron chi connectivity index (χ0n) is 13.8. The fourth-order valence-electron chi connectivity index (χ4n) is 2.28. The largest absolute Gasteiger partial charge is 0.465 e. The highest BCUT2D eigenvalue weighted by Crippen LogP contribution is 2.36. The minimum absolute atomic E-state index is 0.0541. The van der Waals surface area contributed by atoms with Crippen LogP contribution in [0.2, 0.25) is 0 Å². The summed E-state index contributed by atoms with van der Waals surface area (Å²) in [5.74, 6) is -0.124. The number of tetrazole rings is 1. The number of nitrogens with zero attached hydrogens (tertiary/aromatic N) is 4. The standard InChI is InChI=1S/C16H19N5O3S/c1-24-15(23)12-4-2-11(3-5-12)8-9-17-14(22)10-25-16-18-19-20-21(16)13-6-7-13/h2-5,13H,6-10H2,1H3,(H,17,22). The van der Waals surface area contributed by atoms with Crippen molar-refractivity contribution in [3.05, 3.63) is 35.4 Å². The molecule has 1 aromatic heterocycles. The first-order chi connectivity index (χ1) is 12.2. The molecule has 1 N–H and O–H groups in total. The first-order valence-corrected chi connectivity index (χ1v) is 9.00. The molecule has 0 aliphatic heterocycles. The van der Waals surface area contributed by atoms with Crippen LogP contribution in [0.15, 0.2) is 29.4 Å². The molecule has 1 heterocycles. The van der Waals surface area contributed by atoms with Crippen LogP contribution >= 0.6 is 11.8 Å². The lowest BCUT2D eigenvalue weighted by atomic mass is 10.1. The van der Waals surface area contributed by atoms with Crippen LogP contribution in [0.1, 0.15) is 34.8 Å². The molecular weight excluding hydrogens is 342 g/mol. The summed E-state index contributed by atoms with van der Waals surface area (Å²) in [5.41, 5.74) is 1.55. The van der Waals surface area contributed by atoms with Gasteiger partial charge in [-0.2, -0.15) is 0 Å². The quantitative estimate of drug-likeness (QED) is 0.558. The number of rotatable bonds is 8. The van der Waals surface area contributed by atoms with Gasteiger partial charge in [0.2, 0.25) is 11.1 Å². The third-order valence-corrected chi connectivity index (χ3v) is 4.73. The molecule has 8 nitrogen and oxygen atoms in total. The summed E-state index contributed by atoms with van der Waals surface area (Å²) in [4.78, 5) is 23.3. The van der Waals surface area contributed by atoms with E-state index in [4.69, 9.17) is 0 Å².